The average Bonchev–Trinajstić information content (AvgIpc) is 3.07. The molecule has 3 N–H and O–H groups in total. The number of amides is 2. The average molecular weight is 389 g/mol. The number of fused-ring (bicyclic) bond motifs is 1. The monoisotopic (exact) mass is 388 g/mol. The zero-order valence-electron chi connectivity index (χ0n) is 14.4. The largest absolute Gasteiger partial charge is 0.385 e. The van der Waals surface area contributed by atoms with Crippen LogP contribution in [0.1, 0.15) is 18.4 Å². The smallest absolute Gasteiger partial charge is 0.323 e. The van der Waals surface area contributed by atoms with E-state index in [4.69, 9.17) is 11.6 Å². The lowest BCUT2D eigenvalue weighted by atomic mass is 9.84. The molecule has 0 bridgehead atoms. The number of carbonyl (C=O) groups excluding carboxylic acids is 1. The summed E-state index contributed by atoms with van der Waals surface area (Å²) in [5.74, 6) is -0.0474. The van der Waals surface area contributed by atoms with Crippen LogP contribution in [-0.4, -0.2) is 39.3 Å². The zero-order chi connectivity index (χ0) is 19.0. The third-order valence-corrected chi connectivity index (χ3v) is 5.32. The number of benzene rings is 2. The van der Waals surface area contributed by atoms with Crippen LogP contribution in [0, 0.1) is 5.82 Å². The number of anilines is 1. The summed E-state index contributed by atoms with van der Waals surface area (Å²) < 4.78 is 13.4. The first-order chi connectivity index (χ1) is 13.0. The van der Waals surface area contributed by atoms with Gasteiger partial charge in [0.2, 0.25) is 0 Å². The minimum absolute atomic E-state index is 0.0218. The van der Waals surface area contributed by atoms with E-state index in [-0.39, 0.29) is 11.1 Å². The van der Waals surface area contributed by atoms with Crippen molar-refractivity contribution in [2.24, 2.45) is 0 Å². The predicted molar refractivity (Wildman–Crippen MR) is 101 cm³/mol. The molecule has 3 aromatic rings. The molecule has 0 unspecified atom stereocenters. The SMILES string of the molecule is O=C(Nc1n[nH]c2ccccc12)N1CCC(O)(c2ccc(F)c(Cl)c2)CC1. The number of para-hydroxylation sites is 1. The summed E-state index contributed by atoms with van der Waals surface area (Å²) in [6, 6.07) is 11.5. The van der Waals surface area contributed by atoms with Gasteiger partial charge in [0.25, 0.3) is 0 Å². The third-order valence-electron chi connectivity index (χ3n) is 5.03. The first kappa shape index (κ1) is 17.8. The molecule has 2 heterocycles. The highest BCUT2D eigenvalue weighted by atomic mass is 35.5. The molecule has 2 amide bonds. The molecule has 27 heavy (non-hydrogen) atoms. The summed E-state index contributed by atoms with van der Waals surface area (Å²) in [7, 11) is 0. The number of aromatic amines is 1. The number of hydrogen-bond acceptors (Lipinski definition) is 3. The van der Waals surface area contributed by atoms with Gasteiger partial charge in [0.15, 0.2) is 5.82 Å². The Hall–Kier alpha value is -2.64. The van der Waals surface area contributed by atoms with Crippen LogP contribution < -0.4 is 5.32 Å². The fourth-order valence-electron chi connectivity index (χ4n) is 3.39. The highest BCUT2D eigenvalue weighted by molar-refractivity contribution is 6.30. The minimum atomic E-state index is -1.13. The van der Waals surface area contributed by atoms with Crippen molar-refractivity contribution in [2.45, 2.75) is 18.4 Å². The fourth-order valence-corrected chi connectivity index (χ4v) is 3.57. The topological polar surface area (TPSA) is 81.2 Å². The van der Waals surface area contributed by atoms with Gasteiger partial charge >= 0.3 is 6.03 Å². The molecule has 0 atom stereocenters. The quantitative estimate of drug-likeness (QED) is 0.623. The number of H-pyrrole nitrogens is 1. The van der Waals surface area contributed by atoms with Gasteiger partial charge in [0.1, 0.15) is 5.82 Å². The number of hydrogen-bond donors (Lipinski definition) is 3. The Morgan fingerprint density at radius 1 is 1.26 bits per heavy atom. The van der Waals surface area contributed by atoms with E-state index in [1.807, 2.05) is 24.3 Å². The van der Waals surface area contributed by atoms with E-state index < -0.39 is 11.4 Å². The van der Waals surface area contributed by atoms with E-state index in [0.29, 0.717) is 37.3 Å². The number of halogens is 2. The van der Waals surface area contributed by atoms with E-state index in [9.17, 15) is 14.3 Å². The van der Waals surface area contributed by atoms with Gasteiger partial charge in [-0.3, -0.25) is 10.4 Å². The molecule has 1 fully saturated rings. The number of urea groups is 1. The standard InChI is InChI=1S/C19H18ClFN4O2/c20-14-11-12(5-6-15(14)21)19(27)7-9-25(10-8-19)18(26)22-17-13-3-1-2-4-16(13)23-24-17/h1-6,11,27H,7-10H2,(H2,22,23,24,26). The number of nitrogens with one attached hydrogen (secondary N) is 2. The Bertz CT molecular complexity index is 998. The van der Waals surface area contributed by atoms with Gasteiger partial charge in [-0.2, -0.15) is 5.10 Å². The Balaban J connectivity index is 1.44. The van der Waals surface area contributed by atoms with Gasteiger partial charge in [-0.25, -0.2) is 9.18 Å². The van der Waals surface area contributed by atoms with Crippen molar-refractivity contribution in [1.29, 1.82) is 0 Å². The number of likely N-dealkylation sites (tertiary alicyclic amines) is 1. The molecule has 2 aromatic carbocycles. The summed E-state index contributed by atoms with van der Waals surface area (Å²) in [4.78, 5) is 14.2. The van der Waals surface area contributed by atoms with Crippen molar-refractivity contribution in [2.75, 3.05) is 18.4 Å². The summed E-state index contributed by atoms with van der Waals surface area (Å²) in [6.45, 7) is 0.722. The second kappa shape index (κ2) is 6.83. The maximum atomic E-state index is 13.4. The van der Waals surface area contributed by atoms with Crippen LogP contribution in [0.3, 0.4) is 0 Å². The molecule has 1 aliphatic heterocycles. The van der Waals surface area contributed by atoms with Crippen LogP contribution in [0.2, 0.25) is 5.02 Å². The molecule has 6 nitrogen and oxygen atoms in total. The van der Waals surface area contributed by atoms with E-state index >= 15 is 0 Å². The van der Waals surface area contributed by atoms with Crippen LogP contribution >= 0.6 is 11.6 Å². The molecule has 8 heteroatoms. The Labute approximate surface area is 159 Å². The van der Waals surface area contributed by atoms with E-state index in [0.717, 1.165) is 10.9 Å². The van der Waals surface area contributed by atoms with Crippen LogP contribution in [0.4, 0.5) is 15.0 Å². The molecule has 0 spiro atoms. The van der Waals surface area contributed by atoms with Crippen molar-refractivity contribution in [3.63, 3.8) is 0 Å². The fraction of sp³-hybridized carbons (Fsp3) is 0.263. The summed E-state index contributed by atoms with van der Waals surface area (Å²) in [5.41, 5.74) is 0.272. The Morgan fingerprint density at radius 3 is 2.74 bits per heavy atom. The normalized spacial score (nSPS) is 16.5. The van der Waals surface area contributed by atoms with Crippen LogP contribution in [0.15, 0.2) is 42.5 Å². The van der Waals surface area contributed by atoms with Crippen molar-refractivity contribution in [3.8, 4) is 0 Å². The maximum Gasteiger partial charge on any atom is 0.323 e. The molecule has 1 aliphatic rings. The highest BCUT2D eigenvalue weighted by Gasteiger charge is 2.36. The second-order valence-electron chi connectivity index (χ2n) is 6.70. The van der Waals surface area contributed by atoms with Gasteiger partial charge in [0.05, 0.1) is 16.1 Å². The number of aromatic nitrogens is 2. The van der Waals surface area contributed by atoms with Gasteiger partial charge < -0.3 is 10.0 Å². The van der Waals surface area contributed by atoms with Gasteiger partial charge in [-0.05, 0) is 42.7 Å². The Morgan fingerprint density at radius 2 is 2.00 bits per heavy atom. The summed E-state index contributed by atoms with van der Waals surface area (Å²) >= 11 is 5.83. The maximum absolute atomic E-state index is 13.4. The van der Waals surface area contributed by atoms with Gasteiger partial charge in [-0.15, -0.1) is 0 Å². The molecule has 4 rings (SSSR count). The molecule has 1 aromatic heterocycles. The molecule has 1 saturated heterocycles. The number of nitrogens with zero attached hydrogens (tertiary/aromatic N) is 2. The first-order valence-electron chi connectivity index (χ1n) is 8.63. The number of aliphatic hydroxyl groups is 1. The number of rotatable bonds is 2. The Kier molecular flexibility index (Phi) is 4.49. The van der Waals surface area contributed by atoms with Crippen molar-refractivity contribution in [3.05, 3.63) is 58.9 Å². The molecule has 0 saturated carbocycles. The predicted octanol–water partition coefficient (Wildman–Crippen LogP) is 3.87. The van der Waals surface area contributed by atoms with Crippen LogP contribution in [0.25, 0.3) is 10.9 Å². The lowest BCUT2D eigenvalue weighted by Crippen LogP contribution is -2.46. The molecular formula is C19H18ClFN4O2. The van der Waals surface area contributed by atoms with Crippen molar-refractivity contribution >= 4 is 34.4 Å². The highest BCUT2D eigenvalue weighted by Crippen LogP contribution is 2.34. The van der Waals surface area contributed by atoms with Gasteiger partial charge in [0, 0.05) is 18.5 Å². The first-order valence-corrected chi connectivity index (χ1v) is 9.01. The number of carbonyl (C=O) groups is 1. The molecule has 0 radical (unpaired) electrons. The van der Waals surface area contributed by atoms with E-state index in [1.54, 1.807) is 4.90 Å². The van der Waals surface area contributed by atoms with E-state index in [2.05, 4.69) is 15.5 Å². The second-order valence-corrected chi connectivity index (χ2v) is 7.10. The lowest BCUT2D eigenvalue weighted by Gasteiger charge is -2.38. The minimum Gasteiger partial charge on any atom is -0.385 e. The molecular weight excluding hydrogens is 371 g/mol. The zero-order valence-corrected chi connectivity index (χ0v) is 15.1. The summed E-state index contributed by atoms with van der Waals surface area (Å²) in [6.07, 6.45) is 0.674. The van der Waals surface area contributed by atoms with Crippen LogP contribution in [0.5, 0.6) is 0 Å². The van der Waals surface area contributed by atoms with Crippen LogP contribution in [-0.2, 0) is 5.60 Å². The lowest BCUT2D eigenvalue weighted by molar-refractivity contribution is -0.0157. The molecule has 140 valence electrons. The molecule has 0 aliphatic carbocycles. The third kappa shape index (κ3) is 3.36. The number of piperidine rings is 1. The van der Waals surface area contributed by atoms with E-state index in [1.165, 1.54) is 18.2 Å². The van der Waals surface area contributed by atoms with Crippen molar-refractivity contribution < 1.29 is 14.3 Å². The van der Waals surface area contributed by atoms with Crippen molar-refractivity contribution in [1.82, 2.24) is 15.1 Å². The van der Waals surface area contributed by atoms with Gasteiger partial charge in [-0.1, -0.05) is 29.8 Å². The summed E-state index contributed by atoms with van der Waals surface area (Å²) in [5, 5.41) is 21.5.